The van der Waals surface area contributed by atoms with Crippen molar-refractivity contribution < 1.29 is 23.5 Å². The third-order valence-electron chi connectivity index (χ3n) is 2.67. The molecule has 0 aliphatic carbocycles. The molecular formula is C13H18FN3O4. The summed E-state index contributed by atoms with van der Waals surface area (Å²) in [5.74, 6) is -2.15. The average Bonchev–Trinajstić information content (AvgIpc) is 2.46. The van der Waals surface area contributed by atoms with Gasteiger partial charge in [0.1, 0.15) is 11.6 Å². The number of likely N-dealkylation sites (N-methyl/N-ethyl adjacent to an activating group) is 1. The Morgan fingerprint density at radius 1 is 1.43 bits per heavy atom. The lowest BCUT2D eigenvalue weighted by Crippen LogP contribution is -2.43. The number of hydrogen-bond acceptors (Lipinski definition) is 5. The van der Waals surface area contributed by atoms with Crippen LogP contribution in [0.1, 0.15) is 24.2 Å². The molecule has 0 fully saturated rings. The normalized spacial score (nSPS) is 11.5. The zero-order valence-electron chi connectivity index (χ0n) is 12.3. The summed E-state index contributed by atoms with van der Waals surface area (Å²) in [5.41, 5.74) is -0.00847. The molecule has 1 unspecified atom stereocenters. The van der Waals surface area contributed by atoms with Gasteiger partial charge in [-0.1, -0.05) is 0 Å². The second kappa shape index (κ2) is 7.41. The molecule has 1 atom stereocenters. The summed E-state index contributed by atoms with van der Waals surface area (Å²) < 4.78 is 23.7. The van der Waals surface area contributed by atoms with Gasteiger partial charge in [-0.25, -0.2) is 4.98 Å². The van der Waals surface area contributed by atoms with Gasteiger partial charge in [-0.2, -0.15) is 4.39 Å². The predicted molar refractivity (Wildman–Crippen MR) is 72.9 cm³/mol. The minimum atomic E-state index is -0.878. The molecule has 0 aliphatic heterocycles. The Kier molecular flexibility index (Phi) is 5.89. The van der Waals surface area contributed by atoms with Gasteiger partial charge in [0.15, 0.2) is 5.75 Å². The number of amides is 2. The number of aromatic nitrogens is 1. The van der Waals surface area contributed by atoms with E-state index in [2.05, 4.69) is 15.6 Å². The number of nitrogens with one attached hydrogen (secondary N) is 2. The van der Waals surface area contributed by atoms with Crippen LogP contribution in [0.15, 0.2) is 6.20 Å². The molecule has 1 aromatic heterocycles. The molecule has 0 radical (unpaired) electrons. The van der Waals surface area contributed by atoms with Gasteiger partial charge in [-0.15, -0.1) is 0 Å². The first-order valence-corrected chi connectivity index (χ1v) is 6.33. The molecule has 1 heterocycles. The van der Waals surface area contributed by atoms with Gasteiger partial charge < -0.3 is 20.1 Å². The Bertz CT molecular complexity index is 536. The number of carbonyl (C=O) groups is 2. The molecule has 0 saturated carbocycles. The Labute approximate surface area is 121 Å². The van der Waals surface area contributed by atoms with Crippen molar-refractivity contribution in [2.75, 3.05) is 20.8 Å². The number of nitrogens with zero attached hydrogens (tertiary/aromatic N) is 1. The third kappa shape index (κ3) is 3.80. The van der Waals surface area contributed by atoms with Crippen molar-refractivity contribution in [3.05, 3.63) is 17.7 Å². The molecule has 0 saturated heterocycles. The van der Waals surface area contributed by atoms with Gasteiger partial charge in [-0.3, -0.25) is 9.59 Å². The van der Waals surface area contributed by atoms with E-state index in [1.807, 2.05) is 0 Å². The molecule has 116 valence electrons. The number of halogens is 1. The summed E-state index contributed by atoms with van der Waals surface area (Å²) in [7, 11) is 2.70. The Balaban J connectivity index is 3.11. The van der Waals surface area contributed by atoms with Crippen LogP contribution in [0.5, 0.6) is 11.5 Å². The first-order valence-electron chi connectivity index (χ1n) is 6.33. The minimum absolute atomic E-state index is 0.00847. The van der Waals surface area contributed by atoms with Gasteiger partial charge in [0, 0.05) is 13.2 Å². The molecule has 8 heteroatoms. The highest BCUT2D eigenvalue weighted by Crippen LogP contribution is 2.32. The van der Waals surface area contributed by atoms with Crippen LogP contribution in [-0.2, 0) is 4.79 Å². The van der Waals surface area contributed by atoms with Crippen LogP contribution in [0, 0.1) is 5.95 Å². The molecule has 2 N–H and O–H groups in total. The Morgan fingerprint density at radius 2 is 2.10 bits per heavy atom. The highest BCUT2D eigenvalue weighted by Gasteiger charge is 2.24. The van der Waals surface area contributed by atoms with E-state index < -0.39 is 17.9 Å². The zero-order chi connectivity index (χ0) is 16.0. The summed E-state index contributed by atoms with van der Waals surface area (Å²) in [6.07, 6.45) is 1.04. The van der Waals surface area contributed by atoms with Crippen molar-refractivity contribution in [3.8, 4) is 11.5 Å². The Morgan fingerprint density at radius 3 is 2.62 bits per heavy atom. The SMILES string of the molecule is CCOc1c(C(=O)NC(C)C(=O)NC)cnc(F)c1OC. The fourth-order valence-electron chi connectivity index (χ4n) is 1.64. The molecule has 0 bridgehead atoms. The lowest BCUT2D eigenvalue weighted by atomic mass is 10.2. The van der Waals surface area contributed by atoms with Crippen molar-refractivity contribution in [3.63, 3.8) is 0 Å². The van der Waals surface area contributed by atoms with Crippen molar-refractivity contribution in [1.29, 1.82) is 0 Å². The second-order valence-corrected chi connectivity index (χ2v) is 4.07. The van der Waals surface area contributed by atoms with E-state index in [-0.39, 0.29) is 29.6 Å². The number of carbonyl (C=O) groups excluding carboxylic acids is 2. The third-order valence-corrected chi connectivity index (χ3v) is 2.67. The molecule has 1 aromatic rings. The topological polar surface area (TPSA) is 89.5 Å². The first kappa shape index (κ1) is 16.7. The molecule has 2 amide bonds. The van der Waals surface area contributed by atoms with E-state index in [0.717, 1.165) is 6.20 Å². The maximum Gasteiger partial charge on any atom is 0.259 e. The van der Waals surface area contributed by atoms with Gasteiger partial charge >= 0.3 is 0 Å². The molecule has 7 nitrogen and oxygen atoms in total. The second-order valence-electron chi connectivity index (χ2n) is 4.07. The number of methoxy groups -OCH3 is 1. The number of hydrogen-bond donors (Lipinski definition) is 2. The summed E-state index contributed by atoms with van der Waals surface area (Å²) in [6.45, 7) is 3.42. The quantitative estimate of drug-likeness (QED) is 0.746. The van der Waals surface area contributed by atoms with E-state index in [1.165, 1.54) is 21.1 Å². The molecule has 0 spiro atoms. The van der Waals surface area contributed by atoms with Crippen LogP contribution < -0.4 is 20.1 Å². The summed E-state index contributed by atoms with van der Waals surface area (Å²) in [5, 5.41) is 4.88. The largest absolute Gasteiger partial charge is 0.489 e. The number of pyridine rings is 1. The minimum Gasteiger partial charge on any atom is -0.489 e. The van der Waals surface area contributed by atoms with Crippen LogP contribution in [0.25, 0.3) is 0 Å². The van der Waals surface area contributed by atoms with Gasteiger partial charge in [0.2, 0.25) is 11.7 Å². The standard InChI is InChI=1S/C13H18FN3O4/c1-5-21-9-8(6-16-11(14)10(9)20-4)13(19)17-7(2)12(18)15-3/h6-7H,5H2,1-4H3,(H,15,18)(H,17,19). The van der Waals surface area contributed by atoms with E-state index in [0.29, 0.717) is 0 Å². The Hall–Kier alpha value is -2.38. The van der Waals surface area contributed by atoms with Gasteiger partial charge in [0.05, 0.1) is 13.7 Å². The zero-order valence-corrected chi connectivity index (χ0v) is 12.3. The van der Waals surface area contributed by atoms with E-state index >= 15 is 0 Å². The van der Waals surface area contributed by atoms with Crippen LogP contribution in [0.4, 0.5) is 4.39 Å². The van der Waals surface area contributed by atoms with Crippen LogP contribution in [0.3, 0.4) is 0 Å². The van der Waals surface area contributed by atoms with Crippen LogP contribution in [-0.4, -0.2) is 43.6 Å². The fourth-order valence-corrected chi connectivity index (χ4v) is 1.64. The number of ether oxygens (including phenoxy) is 2. The van der Waals surface area contributed by atoms with Crippen molar-refractivity contribution in [2.24, 2.45) is 0 Å². The van der Waals surface area contributed by atoms with E-state index in [1.54, 1.807) is 6.92 Å². The summed E-state index contributed by atoms with van der Waals surface area (Å²) >= 11 is 0. The maximum atomic E-state index is 13.6. The molecule has 1 rings (SSSR count). The highest BCUT2D eigenvalue weighted by atomic mass is 19.1. The fraction of sp³-hybridized carbons (Fsp3) is 0.462. The maximum absolute atomic E-state index is 13.6. The monoisotopic (exact) mass is 299 g/mol. The molecule has 0 aliphatic rings. The lowest BCUT2D eigenvalue weighted by molar-refractivity contribution is -0.122. The van der Waals surface area contributed by atoms with Crippen molar-refractivity contribution in [2.45, 2.75) is 19.9 Å². The molecular weight excluding hydrogens is 281 g/mol. The average molecular weight is 299 g/mol. The van der Waals surface area contributed by atoms with Crippen molar-refractivity contribution >= 4 is 11.8 Å². The van der Waals surface area contributed by atoms with Crippen molar-refractivity contribution in [1.82, 2.24) is 15.6 Å². The van der Waals surface area contributed by atoms with E-state index in [4.69, 9.17) is 9.47 Å². The van der Waals surface area contributed by atoms with E-state index in [9.17, 15) is 14.0 Å². The predicted octanol–water partition coefficient (Wildman–Crippen LogP) is 0.492. The highest BCUT2D eigenvalue weighted by molar-refractivity contribution is 5.99. The smallest absolute Gasteiger partial charge is 0.259 e. The summed E-state index contributed by atoms with van der Waals surface area (Å²) in [6, 6.07) is -0.756. The van der Waals surface area contributed by atoms with Gasteiger partial charge in [0.25, 0.3) is 11.9 Å². The molecule has 0 aromatic carbocycles. The number of rotatable bonds is 6. The first-order chi connectivity index (χ1) is 9.96. The molecule has 21 heavy (non-hydrogen) atoms. The van der Waals surface area contributed by atoms with Crippen LogP contribution in [0.2, 0.25) is 0 Å². The van der Waals surface area contributed by atoms with Crippen LogP contribution >= 0.6 is 0 Å². The lowest BCUT2D eigenvalue weighted by Gasteiger charge is -2.16. The van der Waals surface area contributed by atoms with Gasteiger partial charge in [-0.05, 0) is 13.8 Å². The summed E-state index contributed by atoms with van der Waals surface area (Å²) in [4.78, 5) is 27.0.